The summed E-state index contributed by atoms with van der Waals surface area (Å²) in [5.41, 5.74) is 6.89. The number of esters is 1. The second-order valence-corrected chi connectivity index (χ2v) is 5.87. The first-order valence-electron chi connectivity index (χ1n) is 6.61. The van der Waals surface area contributed by atoms with Gasteiger partial charge < -0.3 is 10.5 Å². The standard InChI is InChI=1S/C16H11ClN4O2S/c1-23-13(22)8-24-16-11(7-19)14(10(6-18)15(20)21-16)9-4-2-3-5-12(9)17/h2-5H,8H2,1H3,(H2,20,21). The van der Waals surface area contributed by atoms with E-state index >= 15 is 0 Å². The van der Waals surface area contributed by atoms with E-state index in [0.717, 1.165) is 11.8 Å². The first-order chi connectivity index (χ1) is 11.5. The molecule has 0 amide bonds. The Morgan fingerprint density at radius 1 is 1.33 bits per heavy atom. The quantitative estimate of drug-likeness (QED) is 0.660. The lowest BCUT2D eigenvalue weighted by Gasteiger charge is -2.13. The molecule has 0 radical (unpaired) electrons. The van der Waals surface area contributed by atoms with Crippen LogP contribution >= 0.6 is 23.4 Å². The van der Waals surface area contributed by atoms with E-state index < -0.39 is 5.97 Å². The molecule has 0 saturated carbocycles. The third kappa shape index (κ3) is 3.43. The highest BCUT2D eigenvalue weighted by atomic mass is 35.5. The minimum absolute atomic E-state index is 0.0289. The Hall–Kier alpha value is -2.74. The van der Waals surface area contributed by atoms with E-state index in [1.54, 1.807) is 24.3 Å². The van der Waals surface area contributed by atoms with Gasteiger partial charge >= 0.3 is 5.97 Å². The molecule has 1 heterocycles. The Morgan fingerprint density at radius 3 is 2.58 bits per heavy atom. The third-order valence-corrected chi connectivity index (χ3v) is 4.39. The number of benzene rings is 1. The van der Waals surface area contributed by atoms with Crippen molar-refractivity contribution in [3.8, 4) is 23.3 Å². The van der Waals surface area contributed by atoms with Crippen LogP contribution in [0.1, 0.15) is 11.1 Å². The van der Waals surface area contributed by atoms with Gasteiger partial charge in [0.15, 0.2) is 0 Å². The maximum absolute atomic E-state index is 11.3. The van der Waals surface area contributed by atoms with Crippen molar-refractivity contribution in [3.05, 3.63) is 40.4 Å². The third-order valence-electron chi connectivity index (χ3n) is 3.11. The van der Waals surface area contributed by atoms with E-state index in [-0.39, 0.29) is 27.7 Å². The van der Waals surface area contributed by atoms with E-state index in [1.165, 1.54) is 7.11 Å². The van der Waals surface area contributed by atoms with Crippen LogP contribution < -0.4 is 5.73 Å². The number of rotatable bonds is 4. The zero-order valence-corrected chi connectivity index (χ0v) is 14.1. The molecule has 0 fully saturated rings. The minimum Gasteiger partial charge on any atom is -0.468 e. The predicted octanol–water partition coefficient (Wildman–Crippen LogP) is 2.99. The largest absolute Gasteiger partial charge is 0.468 e. The first kappa shape index (κ1) is 17.6. The normalized spacial score (nSPS) is 9.83. The number of anilines is 1. The molecule has 0 unspecified atom stereocenters. The fourth-order valence-electron chi connectivity index (χ4n) is 2.02. The lowest BCUT2D eigenvalue weighted by Crippen LogP contribution is -2.07. The highest BCUT2D eigenvalue weighted by molar-refractivity contribution is 7.99. The van der Waals surface area contributed by atoms with E-state index in [1.807, 2.05) is 12.1 Å². The van der Waals surface area contributed by atoms with Gasteiger partial charge in [0.25, 0.3) is 0 Å². The molecule has 0 atom stereocenters. The fraction of sp³-hybridized carbons (Fsp3) is 0.125. The zero-order valence-electron chi connectivity index (χ0n) is 12.5. The van der Waals surface area contributed by atoms with Gasteiger partial charge in [-0.3, -0.25) is 4.79 Å². The van der Waals surface area contributed by atoms with Crippen molar-refractivity contribution >= 4 is 35.1 Å². The maximum Gasteiger partial charge on any atom is 0.316 e. The minimum atomic E-state index is -0.465. The molecule has 8 heteroatoms. The molecular formula is C16H11ClN4O2S. The Balaban J connectivity index is 2.70. The number of nitrogens with two attached hydrogens (primary N) is 1. The Morgan fingerprint density at radius 2 is 2.00 bits per heavy atom. The molecular weight excluding hydrogens is 348 g/mol. The van der Waals surface area contributed by atoms with Gasteiger partial charge in [0.05, 0.1) is 18.4 Å². The van der Waals surface area contributed by atoms with Gasteiger partial charge in [-0.25, -0.2) is 4.98 Å². The number of ether oxygens (including phenoxy) is 1. The van der Waals surface area contributed by atoms with Crippen LogP contribution in [0.4, 0.5) is 5.82 Å². The molecule has 1 aromatic heterocycles. The monoisotopic (exact) mass is 358 g/mol. The number of nitrogens with zero attached hydrogens (tertiary/aromatic N) is 3. The number of methoxy groups -OCH3 is 1. The topological polar surface area (TPSA) is 113 Å². The SMILES string of the molecule is COC(=O)CSc1nc(N)c(C#N)c(-c2ccccc2Cl)c1C#N. The van der Waals surface area contributed by atoms with Crippen molar-refractivity contribution in [2.24, 2.45) is 0 Å². The van der Waals surface area contributed by atoms with Gasteiger partial charge in [-0.1, -0.05) is 41.6 Å². The molecule has 0 aliphatic rings. The number of carbonyl (C=O) groups excluding carboxylic acids is 1. The molecule has 0 spiro atoms. The summed E-state index contributed by atoms with van der Waals surface area (Å²) < 4.78 is 4.58. The van der Waals surface area contributed by atoms with Crippen molar-refractivity contribution in [2.75, 3.05) is 18.6 Å². The van der Waals surface area contributed by atoms with Gasteiger partial charge in [0, 0.05) is 16.1 Å². The van der Waals surface area contributed by atoms with Crippen molar-refractivity contribution in [2.45, 2.75) is 5.03 Å². The number of nitriles is 2. The number of nitrogen functional groups attached to an aromatic ring is 1. The average Bonchev–Trinajstić information content (AvgIpc) is 2.59. The molecule has 24 heavy (non-hydrogen) atoms. The van der Waals surface area contributed by atoms with Crippen LogP contribution in [0.15, 0.2) is 29.3 Å². The number of halogens is 1. The second kappa shape index (κ2) is 7.69. The first-order valence-corrected chi connectivity index (χ1v) is 7.98. The zero-order chi connectivity index (χ0) is 17.7. The highest BCUT2D eigenvalue weighted by Crippen LogP contribution is 2.38. The van der Waals surface area contributed by atoms with Crippen LogP contribution in [0.5, 0.6) is 0 Å². The van der Waals surface area contributed by atoms with Crippen LogP contribution in [-0.4, -0.2) is 23.8 Å². The fourth-order valence-corrected chi connectivity index (χ4v) is 3.08. The summed E-state index contributed by atoms with van der Waals surface area (Å²) in [4.78, 5) is 15.4. The van der Waals surface area contributed by atoms with E-state index in [4.69, 9.17) is 17.3 Å². The van der Waals surface area contributed by atoms with Gasteiger partial charge in [-0.2, -0.15) is 10.5 Å². The van der Waals surface area contributed by atoms with E-state index in [0.29, 0.717) is 16.1 Å². The molecule has 120 valence electrons. The molecule has 0 aliphatic heterocycles. The lowest BCUT2D eigenvalue weighted by molar-refractivity contribution is -0.137. The van der Waals surface area contributed by atoms with Crippen LogP contribution in [0.2, 0.25) is 5.02 Å². The smallest absolute Gasteiger partial charge is 0.316 e. The number of pyridine rings is 1. The molecule has 0 saturated heterocycles. The van der Waals surface area contributed by atoms with Gasteiger partial charge in [0.2, 0.25) is 0 Å². The molecule has 2 N–H and O–H groups in total. The summed E-state index contributed by atoms with van der Waals surface area (Å²) in [6, 6.07) is 10.8. The van der Waals surface area contributed by atoms with Crippen molar-refractivity contribution in [3.63, 3.8) is 0 Å². The number of thioether (sulfide) groups is 1. The van der Waals surface area contributed by atoms with Crippen LogP contribution in [0.3, 0.4) is 0 Å². The van der Waals surface area contributed by atoms with Crippen LogP contribution in [0.25, 0.3) is 11.1 Å². The number of hydrogen-bond acceptors (Lipinski definition) is 7. The maximum atomic E-state index is 11.3. The Bertz CT molecular complexity index is 887. The van der Waals surface area contributed by atoms with E-state index in [9.17, 15) is 15.3 Å². The Kier molecular flexibility index (Phi) is 5.64. The molecule has 1 aromatic carbocycles. The van der Waals surface area contributed by atoms with Crippen molar-refractivity contribution in [1.82, 2.24) is 4.98 Å². The van der Waals surface area contributed by atoms with Crippen molar-refractivity contribution in [1.29, 1.82) is 10.5 Å². The van der Waals surface area contributed by atoms with Crippen molar-refractivity contribution < 1.29 is 9.53 Å². The molecule has 2 rings (SSSR count). The number of hydrogen-bond donors (Lipinski definition) is 1. The predicted molar refractivity (Wildman–Crippen MR) is 91.3 cm³/mol. The van der Waals surface area contributed by atoms with Gasteiger partial charge in [0.1, 0.15) is 28.5 Å². The molecule has 0 bridgehead atoms. The highest BCUT2D eigenvalue weighted by Gasteiger charge is 2.22. The van der Waals surface area contributed by atoms with Gasteiger partial charge in [-0.15, -0.1) is 0 Å². The van der Waals surface area contributed by atoms with Gasteiger partial charge in [-0.05, 0) is 6.07 Å². The van der Waals surface area contributed by atoms with E-state index in [2.05, 4.69) is 9.72 Å². The number of carbonyl (C=O) groups is 1. The average molecular weight is 359 g/mol. The summed E-state index contributed by atoms with van der Waals surface area (Å²) >= 11 is 7.22. The second-order valence-electron chi connectivity index (χ2n) is 4.50. The number of aromatic nitrogens is 1. The lowest BCUT2D eigenvalue weighted by atomic mass is 9.97. The van der Waals surface area contributed by atoms with Crippen LogP contribution in [0, 0.1) is 22.7 Å². The molecule has 0 aliphatic carbocycles. The Labute approximate surface area is 147 Å². The summed E-state index contributed by atoms with van der Waals surface area (Å²) in [5.74, 6) is -0.530. The summed E-state index contributed by atoms with van der Waals surface area (Å²) in [5, 5.41) is 19.6. The molecule has 6 nitrogen and oxygen atoms in total. The molecule has 2 aromatic rings. The summed E-state index contributed by atoms with van der Waals surface area (Å²) in [6.07, 6.45) is 0. The summed E-state index contributed by atoms with van der Waals surface area (Å²) in [7, 11) is 1.27. The van der Waals surface area contributed by atoms with Crippen LogP contribution in [-0.2, 0) is 9.53 Å². The summed E-state index contributed by atoms with van der Waals surface area (Å²) in [6.45, 7) is 0.